The van der Waals surface area contributed by atoms with Crippen molar-refractivity contribution in [3.63, 3.8) is 0 Å². The number of aromatic amines is 2. The first-order valence-electron chi connectivity index (χ1n) is 9.58. The van der Waals surface area contributed by atoms with Crippen LogP contribution < -0.4 is 5.32 Å². The molecule has 0 saturated heterocycles. The molecule has 1 aliphatic rings. The van der Waals surface area contributed by atoms with E-state index >= 15 is 0 Å². The summed E-state index contributed by atoms with van der Waals surface area (Å²) in [5, 5.41) is 23.4. The third-order valence-electron chi connectivity index (χ3n) is 5.52. The van der Waals surface area contributed by atoms with Gasteiger partial charge in [-0.1, -0.05) is 42.5 Å². The van der Waals surface area contributed by atoms with E-state index < -0.39 is 6.23 Å². The second kappa shape index (κ2) is 6.09. The third-order valence-corrected chi connectivity index (χ3v) is 5.52. The fourth-order valence-electron chi connectivity index (χ4n) is 4.10. The minimum absolute atomic E-state index is 0.702. The number of hydrogen-bond donors (Lipinski definition) is 4. The van der Waals surface area contributed by atoms with Gasteiger partial charge in [-0.05, 0) is 42.0 Å². The van der Waals surface area contributed by atoms with E-state index in [2.05, 4.69) is 56.9 Å². The number of anilines is 1. The average Bonchev–Trinajstić information content (AvgIpc) is 3.43. The molecule has 1 aliphatic heterocycles. The molecule has 1 unspecified atom stereocenters. The third kappa shape index (κ3) is 2.56. The number of rotatable bonds is 2. The van der Waals surface area contributed by atoms with Gasteiger partial charge in [0.2, 0.25) is 0 Å². The van der Waals surface area contributed by atoms with E-state index in [-0.39, 0.29) is 0 Å². The van der Waals surface area contributed by atoms with E-state index in [0.29, 0.717) is 0 Å². The lowest BCUT2D eigenvalue weighted by atomic mass is 10.0. The second-order valence-corrected chi connectivity index (χ2v) is 7.34. The number of benzene rings is 3. The number of para-hydroxylation sites is 2. The first-order chi connectivity index (χ1) is 14.3. The lowest BCUT2D eigenvalue weighted by Gasteiger charge is -2.05. The Balaban J connectivity index is 1.42. The fourth-order valence-corrected chi connectivity index (χ4v) is 4.10. The number of aliphatic hydroxyl groups is 1. The van der Waals surface area contributed by atoms with Crippen molar-refractivity contribution >= 4 is 39.1 Å². The summed E-state index contributed by atoms with van der Waals surface area (Å²) < 4.78 is 0. The molecule has 3 aromatic carbocycles. The monoisotopic (exact) mass is 378 g/mol. The lowest BCUT2D eigenvalue weighted by Crippen LogP contribution is -2.12. The minimum Gasteiger partial charge on any atom is -0.369 e. The molecule has 0 saturated carbocycles. The van der Waals surface area contributed by atoms with Crippen molar-refractivity contribution in [2.75, 3.05) is 5.32 Å². The predicted octanol–water partition coefficient (Wildman–Crippen LogP) is 5.00. The van der Waals surface area contributed by atoms with Crippen LogP contribution in [0.4, 0.5) is 5.69 Å². The molecule has 5 heteroatoms. The summed E-state index contributed by atoms with van der Waals surface area (Å²) in [5.41, 5.74) is 7.82. The Bertz CT molecular complexity index is 1380. The van der Waals surface area contributed by atoms with Crippen molar-refractivity contribution in [3.05, 3.63) is 83.9 Å². The number of hydrogen-bond acceptors (Lipinski definition) is 3. The summed E-state index contributed by atoms with van der Waals surface area (Å²) >= 11 is 0. The Labute approximate surface area is 166 Å². The minimum atomic E-state index is -0.702. The molecule has 5 nitrogen and oxygen atoms in total. The summed E-state index contributed by atoms with van der Waals surface area (Å²) in [4.78, 5) is 3.44. The van der Waals surface area contributed by atoms with Crippen molar-refractivity contribution in [2.24, 2.45) is 0 Å². The quantitative estimate of drug-likeness (QED) is 0.349. The normalized spacial score (nSPS) is 17.1. The molecule has 3 heterocycles. The average molecular weight is 378 g/mol. The van der Waals surface area contributed by atoms with E-state index in [9.17, 15) is 5.11 Å². The first-order valence-corrected chi connectivity index (χ1v) is 9.58. The highest BCUT2D eigenvalue weighted by Crippen LogP contribution is 2.36. The van der Waals surface area contributed by atoms with Crippen LogP contribution in [0.2, 0.25) is 0 Å². The van der Waals surface area contributed by atoms with Gasteiger partial charge in [0.05, 0.1) is 11.2 Å². The zero-order chi connectivity index (χ0) is 19.4. The van der Waals surface area contributed by atoms with E-state index in [1.165, 1.54) is 5.39 Å². The Kier molecular flexibility index (Phi) is 3.39. The van der Waals surface area contributed by atoms with Gasteiger partial charge in [0, 0.05) is 33.1 Å². The van der Waals surface area contributed by atoms with Crippen molar-refractivity contribution in [2.45, 2.75) is 6.23 Å². The molecule has 5 aromatic rings. The molecule has 0 amide bonds. The number of fused-ring (bicyclic) bond motifs is 3. The molecule has 2 aromatic heterocycles. The van der Waals surface area contributed by atoms with Crippen molar-refractivity contribution in [3.8, 4) is 11.4 Å². The highest BCUT2D eigenvalue weighted by atomic mass is 16.3. The largest absolute Gasteiger partial charge is 0.369 e. The van der Waals surface area contributed by atoms with Gasteiger partial charge in [0.1, 0.15) is 5.69 Å². The number of aromatic nitrogens is 3. The molecule has 6 rings (SSSR count). The van der Waals surface area contributed by atoms with Gasteiger partial charge in [0.15, 0.2) is 6.23 Å². The lowest BCUT2D eigenvalue weighted by molar-refractivity contribution is 0.266. The zero-order valence-corrected chi connectivity index (χ0v) is 15.5. The van der Waals surface area contributed by atoms with Crippen LogP contribution in [-0.2, 0) is 0 Å². The van der Waals surface area contributed by atoms with Crippen LogP contribution in [-0.4, -0.2) is 26.5 Å². The topological polar surface area (TPSA) is 76.7 Å². The van der Waals surface area contributed by atoms with Gasteiger partial charge in [-0.2, -0.15) is 5.10 Å². The molecule has 0 bridgehead atoms. The van der Waals surface area contributed by atoms with Gasteiger partial charge in [-0.15, -0.1) is 0 Å². The van der Waals surface area contributed by atoms with Gasteiger partial charge >= 0.3 is 0 Å². The molecule has 0 aliphatic carbocycles. The molecule has 1 atom stereocenters. The maximum absolute atomic E-state index is 10.4. The number of nitrogens with zero attached hydrogens (tertiary/aromatic N) is 1. The van der Waals surface area contributed by atoms with E-state index in [4.69, 9.17) is 0 Å². The van der Waals surface area contributed by atoms with Crippen LogP contribution in [0.3, 0.4) is 0 Å². The van der Waals surface area contributed by atoms with Gasteiger partial charge in [-0.3, -0.25) is 5.10 Å². The van der Waals surface area contributed by atoms with Crippen LogP contribution in [0, 0.1) is 0 Å². The number of nitrogens with one attached hydrogen (secondary N) is 3. The van der Waals surface area contributed by atoms with Crippen LogP contribution in [0.1, 0.15) is 11.1 Å². The van der Waals surface area contributed by atoms with Gasteiger partial charge in [0.25, 0.3) is 0 Å². The molecule has 0 fully saturated rings. The zero-order valence-electron chi connectivity index (χ0n) is 15.5. The molecule has 29 heavy (non-hydrogen) atoms. The standard InChI is InChI=1S/C24H18N4O/c29-24-18(16-6-2-4-8-20(16)26-24)11-14-9-10-17-21(12-14)27-28-23(17)22-13-15-5-1-3-7-19(15)25-22/h1-13,24-26,29H,(H,27,28)/b18-11+. The van der Waals surface area contributed by atoms with Crippen LogP contribution in [0.25, 0.3) is 44.8 Å². The molecule has 140 valence electrons. The summed E-state index contributed by atoms with van der Waals surface area (Å²) in [5.74, 6) is 0. The predicted molar refractivity (Wildman–Crippen MR) is 117 cm³/mol. The second-order valence-electron chi connectivity index (χ2n) is 7.34. The Morgan fingerprint density at radius 2 is 1.76 bits per heavy atom. The SMILES string of the molecule is OC1Nc2ccccc2/C1=C\c1ccc2c(-c3cc4ccccc4[nH]3)n[nH]c2c1. The summed E-state index contributed by atoms with van der Waals surface area (Å²) in [6.07, 6.45) is 1.32. The first kappa shape index (κ1) is 16.2. The van der Waals surface area contributed by atoms with Crippen LogP contribution in [0.15, 0.2) is 72.8 Å². The van der Waals surface area contributed by atoms with Crippen molar-refractivity contribution < 1.29 is 5.11 Å². The maximum atomic E-state index is 10.4. The smallest absolute Gasteiger partial charge is 0.151 e. The van der Waals surface area contributed by atoms with E-state index in [0.717, 1.165) is 50.2 Å². The summed E-state index contributed by atoms with van der Waals surface area (Å²) in [7, 11) is 0. The van der Waals surface area contributed by atoms with Crippen molar-refractivity contribution in [1.29, 1.82) is 0 Å². The highest BCUT2D eigenvalue weighted by Gasteiger charge is 2.23. The molecule has 0 spiro atoms. The highest BCUT2D eigenvalue weighted by molar-refractivity contribution is 5.98. The van der Waals surface area contributed by atoms with E-state index in [1.54, 1.807) is 0 Å². The van der Waals surface area contributed by atoms with Gasteiger partial charge < -0.3 is 15.4 Å². The van der Waals surface area contributed by atoms with E-state index in [1.807, 2.05) is 42.5 Å². The molecule has 0 radical (unpaired) electrons. The Hall–Kier alpha value is -3.83. The Morgan fingerprint density at radius 1 is 0.897 bits per heavy atom. The number of H-pyrrole nitrogens is 2. The van der Waals surface area contributed by atoms with Crippen molar-refractivity contribution in [1.82, 2.24) is 15.2 Å². The molecule has 4 N–H and O–H groups in total. The number of aliphatic hydroxyl groups excluding tert-OH is 1. The molecular weight excluding hydrogens is 360 g/mol. The van der Waals surface area contributed by atoms with Gasteiger partial charge in [-0.25, -0.2) is 0 Å². The van der Waals surface area contributed by atoms with Crippen LogP contribution in [0.5, 0.6) is 0 Å². The Morgan fingerprint density at radius 3 is 2.69 bits per heavy atom. The summed E-state index contributed by atoms with van der Waals surface area (Å²) in [6.45, 7) is 0. The summed E-state index contributed by atoms with van der Waals surface area (Å²) in [6, 6.07) is 24.5. The maximum Gasteiger partial charge on any atom is 0.151 e. The fraction of sp³-hybridized carbons (Fsp3) is 0.0417. The molecular formula is C24H18N4O. The van der Waals surface area contributed by atoms with Crippen LogP contribution >= 0.6 is 0 Å².